The van der Waals surface area contributed by atoms with Gasteiger partial charge in [0.05, 0.1) is 10.6 Å². The number of hydrazone groups is 1. The van der Waals surface area contributed by atoms with Crippen molar-refractivity contribution in [3.63, 3.8) is 0 Å². The van der Waals surface area contributed by atoms with Crippen molar-refractivity contribution in [3.05, 3.63) is 58.8 Å². The van der Waals surface area contributed by atoms with Crippen LogP contribution >= 0.6 is 0 Å². The third-order valence-electron chi connectivity index (χ3n) is 5.48. The molecule has 10 nitrogen and oxygen atoms in total. The van der Waals surface area contributed by atoms with Gasteiger partial charge in [0.2, 0.25) is 0 Å². The monoisotopic (exact) mass is 422 g/mol. The first-order chi connectivity index (χ1) is 14.9. The molecule has 1 saturated heterocycles. The second-order valence-corrected chi connectivity index (χ2v) is 7.47. The van der Waals surface area contributed by atoms with Gasteiger partial charge in [-0.2, -0.15) is 5.10 Å². The molecule has 2 aromatic rings. The zero-order valence-electron chi connectivity index (χ0n) is 17.0. The highest BCUT2D eigenvalue weighted by Gasteiger charge is 2.36. The molecule has 0 bridgehead atoms. The fraction of sp³-hybridized carbons (Fsp3) is 0.333. The number of nitrogens with zero attached hydrogens (tertiary/aromatic N) is 6. The summed E-state index contributed by atoms with van der Waals surface area (Å²) in [6.07, 6.45) is 1.52. The second-order valence-electron chi connectivity index (χ2n) is 7.47. The molecule has 1 amide bonds. The third-order valence-corrected chi connectivity index (χ3v) is 5.48. The van der Waals surface area contributed by atoms with Crippen LogP contribution in [0.4, 0.5) is 17.2 Å². The Labute approximate surface area is 178 Å². The van der Waals surface area contributed by atoms with Gasteiger partial charge in [-0.25, -0.2) is 4.98 Å². The summed E-state index contributed by atoms with van der Waals surface area (Å²) in [6, 6.07) is 11.9. The Hall–Kier alpha value is -3.82. The van der Waals surface area contributed by atoms with Gasteiger partial charge in [-0.05, 0) is 25.1 Å². The molecular weight excluding hydrogens is 400 g/mol. The Balaban J connectivity index is 1.42. The number of Topliss-reactive ketones (excluding diaryl/α,β-unsaturated/α-hetero) is 1. The fourth-order valence-corrected chi connectivity index (χ4v) is 3.77. The lowest BCUT2D eigenvalue weighted by Gasteiger charge is -2.35. The van der Waals surface area contributed by atoms with Crippen LogP contribution in [0.15, 0.2) is 53.8 Å². The van der Waals surface area contributed by atoms with Gasteiger partial charge in [-0.15, -0.1) is 0 Å². The van der Waals surface area contributed by atoms with Crippen LogP contribution in [0, 0.1) is 10.1 Å². The Bertz CT molecular complexity index is 1020. The number of amides is 1. The van der Waals surface area contributed by atoms with Gasteiger partial charge in [0.15, 0.2) is 5.78 Å². The van der Waals surface area contributed by atoms with Crippen molar-refractivity contribution < 1.29 is 14.5 Å². The molecule has 0 spiro atoms. The van der Waals surface area contributed by atoms with Gasteiger partial charge >= 0.3 is 0 Å². The summed E-state index contributed by atoms with van der Waals surface area (Å²) in [5.41, 5.74) is 1.10. The quantitative estimate of drug-likeness (QED) is 0.534. The van der Waals surface area contributed by atoms with E-state index in [-0.39, 0.29) is 23.8 Å². The highest BCUT2D eigenvalue weighted by atomic mass is 16.6. The first-order valence-corrected chi connectivity index (χ1v) is 10.0. The van der Waals surface area contributed by atoms with E-state index in [0.29, 0.717) is 37.7 Å². The summed E-state index contributed by atoms with van der Waals surface area (Å²) >= 11 is 0. The molecule has 0 aliphatic carbocycles. The molecule has 2 aliphatic rings. The summed E-state index contributed by atoms with van der Waals surface area (Å²) in [5, 5.41) is 16.9. The smallest absolute Gasteiger partial charge is 0.287 e. The van der Waals surface area contributed by atoms with Crippen LogP contribution in [-0.2, 0) is 9.59 Å². The molecule has 10 heteroatoms. The van der Waals surface area contributed by atoms with Crippen LogP contribution in [0.2, 0.25) is 0 Å². The summed E-state index contributed by atoms with van der Waals surface area (Å²) in [7, 11) is 0. The maximum atomic E-state index is 13.1. The van der Waals surface area contributed by atoms with Crippen LogP contribution in [0.25, 0.3) is 0 Å². The maximum Gasteiger partial charge on any atom is 0.287 e. The minimum atomic E-state index is -0.483. The number of carbonyl (C=O) groups is 2. The predicted molar refractivity (Wildman–Crippen MR) is 115 cm³/mol. The van der Waals surface area contributed by atoms with Crippen LogP contribution < -0.4 is 9.91 Å². The average molecular weight is 422 g/mol. The molecular formula is C21H22N6O4. The number of ketones is 1. The van der Waals surface area contributed by atoms with Crippen molar-refractivity contribution in [1.29, 1.82) is 0 Å². The second kappa shape index (κ2) is 8.50. The minimum Gasteiger partial charge on any atom is -0.353 e. The molecule has 0 saturated carbocycles. The number of pyridine rings is 1. The molecule has 1 unspecified atom stereocenters. The van der Waals surface area contributed by atoms with Crippen molar-refractivity contribution in [2.75, 3.05) is 36.1 Å². The molecule has 1 fully saturated rings. The lowest BCUT2D eigenvalue weighted by molar-refractivity contribution is -0.385. The molecule has 1 aromatic carbocycles. The number of rotatable bonds is 5. The van der Waals surface area contributed by atoms with Gasteiger partial charge in [0.25, 0.3) is 11.6 Å². The van der Waals surface area contributed by atoms with Crippen molar-refractivity contribution in [3.8, 4) is 0 Å². The van der Waals surface area contributed by atoms with Crippen LogP contribution in [0.1, 0.15) is 13.3 Å². The number of benzene rings is 1. The van der Waals surface area contributed by atoms with Crippen LogP contribution in [-0.4, -0.2) is 64.4 Å². The molecule has 31 heavy (non-hydrogen) atoms. The Morgan fingerprint density at radius 1 is 1.06 bits per heavy atom. The minimum absolute atomic E-state index is 0.0375. The average Bonchev–Trinajstić information content (AvgIpc) is 3.25. The summed E-state index contributed by atoms with van der Waals surface area (Å²) in [4.78, 5) is 43.4. The van der Waals surface area contributed by atoms with Gasteiger partial charge in [-0.1, -0.05) is 18.2 Å². The molecule has 0 radical (unpaired) electrons. The van der Waals surface area contributed by atoms with Crippen molar-refractivity contribution in [2.24, 2.45) is 5.10 Å². The van der Waals surface area contributed by atoms with Crippen LogP contribution in [0.3, 0.4) is 0 Å². The zero-order valence-corrected chi connectivity index (χ0v) is 17.0. The lowest BCUT2D eigenvalue weighted by Crippen LogP contribution is -2.50. The van der Waals surface area contributed by atoms with Gasteiger partial charge < -0.3 is 9.80 Å². The first kappa shape index (κ1) is 20.5. The van der Waals surface area contributed by atoms with Crippen molar-refractivity contribution >= 4 is 34.6 Å². The molecule has 2 aliphatic heterocycles. The highest BCUT2D eigenvalue weighted by Crippen LogP contribution is 2.26. The third kappa shape index (κ3) is 4.23. The summed E-state index contributed by atoms with van der Waals surface area (Å²) in [6.45, 7) is 3.59. The molecule has 1 atom stereocenters. The van der Waals surface area contributed by atoms with E-state index >= 15 is 0 Å². The van der Waals surface area contributed by atoms with E-state index in [4.69, 9.17) is 0 Å². The highest BCUT2D eigenvalue weighted by molar-refractivity contribution is 6.40. The SMILES string of the molecule is CC(=O)C1CC(C(=O)N2CCN(c3ccc([N+](=O)[O-])cn3)CC2)=NN1c1ccccc1. The van der Waals surface area contributed by atoms with E-state index < -0.39 is 11.0 Å². The number of nitro groups is 1. The Kier molecular flexibility index (Phi) is 5.61. The number of para-hydroxylation sites is 1. The molecule has 160 valence electrons. The van der Waals surface area contributed by atoms with E-state index in [1.54, 1.807) is 16.0 Å². The first-order valence-electron chi connectivity index (χ1n) is 10.0. The normalized spacial score (nSPS) is 18.7. The standard InChI is InChI=1S/C21H22N6O4/c1-15(28)19-13-18(23-26(19)16-5-3-2-4-6-16)21(29)25-11-9-24(10-12-25)20-8-7-17(14-22-20)27(30)31/h2-8,14,19H,9-13H2,1H3. The van der Waals surface area contributed by atoms with Gasteiger partial charge in [0.1, 0.15) is 23.8 Å². The number of carbonyl (C=O) groups excluding carboxylic acids is 2. The predicted octanol–water partition coefficient (Wildman–Crippen LogP) is 1.86. The number of hydrogen-bond donors (Lipinski definition) is 0. The van der Waals surface area contributed by atoms with E-state index in [2.05, 4.69) is 10.1 Å². The topological polar surface area (TPSA) is 112 Å². The molecule has 4 rings (SSSR count). The summed E-state index contributed by atoms with van der Waals surface area (Å²) in [5.74, 6) is 0.438. The largest absolute Gasteiger partial charge is 0.353 e. The number of anilines is 2. The van der Waals surface area contributed by atoms with Crippen molar-refractivity contribution in [2.45, 2.75) is 19.4 Å². The summed E-state index contributed by atoms with van der Waals surface area (Å²) < 4.78 is 0. The van der Waals surface area contributed by atoms with E-state index in [0.717, 1.165) is 5.69 Å². The number of aromatic nitrogens is 1. The maximum absolute atomic E-state index is 13.1. The van der Waals surface area contributed by atoms with Gasteiger partial charge in [0, 0.05) is 38.7 Å². The Morgan fingerprint density at radius 2 is 1.77 bits per heavy atom. The Morgan fingerprint density at radius 3 is 2.35 bits per heavy atom. The molecule has 1 aromatic heterocycles. The number of piperazine rings is 1. The zero-order chi connectivity index (χ0) is 22.0. The van der Waals surface area contributed by atoms with Crippen LogP contribution in [0.5, 0.6) is 0 Å². The molecule has 3 heterocycles. The van der Waals surface area contributed by atoms with E-state index in [1.165, 1.54) is 19.2 Å². The van der Waals surface area contributed by atoms with E-state index in [9.17, 15) is 19.7 Å². The molecule has 0 N–H and O–H groups in total. The lowest BCUT2D eigenvalue weighted by atomic mass is 10.1. The van der Waals surface area contributed by atoms with E-state index in [1.807, 2.05) is 35.2 Å². The van der Waals surface area contributed by atoms with Gasteiger partial charge in [-0.3, -0.25) is 24.7 Å². The van der Waals surface area contributed by atoms with Crippen molar-refractivity contribution in [1.82, 2.24) is 9.88 Å². The number of hydrogen-bond acceptors (Lipinski definition) is 8. The fourth-order valence-electron chi connectivity index (χ4n) is 3.77.